The van der Waals surface area contributed by atoms with E-state index in [1.807, 2.05) is 43.5 Å². The Hall–Kier alpha value is -2.89. The van der Waals surface area contributed by atoms with Crippen molar-refractivity contribution in [1.82, 2.24) is 9.78 Å². The van der Waals surface area contributed by atoms with Gasteiger partial charge < -0.3 is 10.4 Å². The molecule has 0 aliphatic heterocycles. The van der Waals surface area contributed by atoms with Gasteiger partial charge >= 0.3 is 5.97 Å². The van der Waals surface area contributed by atoms with Crippen LogP contribution in [0.4, 0.5) is 5.69 Å². The van der Waals surface area contributed by atoms with E-state index in [2.05, 4.69) is 10.4 Å². The van der Waals surface area contributed by atoms with Crippen LogP contribution in [0.25, 0.3) is 5.69 Å². The largest absolute Gasteiger partial charge is 0.481 e. The van der Waals surface area contributed by atoms with Crippen LogP contribution >= 0.6 is 0 Å². The molecule has 0 bridgehead atoms. The summed E-state index contributed by atoms with van der Waals surface area (Å²) in [5, 5.41) is 16.4. The zero-order valence-corrected chi connectivity index (χ0v) is 13.3. The van der Waals surface area contributed by atoms with Crippen molar-refractivity contribution in [2.45, 2.75) is 19.8 Å². The van der Waals surface area contributed by atoms with E-state index in [0.717, 1.165) is 11.4 Å². The molecule has 0 spiro atoms. The molecule has 1 aromatic carbocycles. The fourth-order valence-corrected chi connectivity index (χ4v) is 2.87. The standard InChI is InChI=1S/C18H19N3O3/c1-12-10-11-21(20-12)14-8-6-13(7-9-14)19-17(22)15-4-2-3-5-16(15)18(23)24/h2-3,6-11,15-16H,4-5H2,1H3,(H,19,22)(H,23,24). The van der Waals surface area contributed by atoms with Crippen molar-refractivity contribution in [3.63, 3.8) is 0 Å². The minimum absolute atomic E-state index is 0.255. The van der Waals surface area contributed by atoms with E-state index in [1.54, 1.807) is 16.8 Å². The molecule has 6 heteroatoms. The van der Waals surface area contributed by atoms with Crippen molar-refractivity contribution < 1.29 is 14.7 Å². The summed E-state index contributed by atoms with van der Waals surface area (Å²) in [5.41, 5.74) is 2.47. The Morgan fingerprint density at radius 3 is 2.38 bits per heavy atom. The molecule has 0 saturated carbocycles. The molecule has 2 N–H and O–H groups in total. The van der Waals surface area contributed by atoms with Crippen LogP contribution in [0.3, 0.4) is 0 Å². The average molecular weight is 325 g/mol. The lowest BCUT2D eigenvalue weighted by molar-refractivity contribution is -0.146. The quantitative estimate of drug-likeness (QED) is 0.847. The third-order valence-electron chi connectivity index (χ3n) is 4.21. The van der Waals surface area contributed by atoms with E-state index < -0.39 is 17.8 Å². The number of aryl methyl sites for hydroxylation is 1. The number of benzene rings is 1. The molecule has 124 valence electrons. The zero-order valence-electron chi connectivity index (χ0n) is 13.3. The van der Waals surface area contributed by atoms with Crippen LogP contribution in [0.15, 0.2) is 48.7 Å². The summed E-state index contributed by atoms with van der Waals surface area (Å²) in [5.74, 6) is -2.39. The van der Waals surface area contributed by atoms with Gasteiger partial charge in [-0.15, -0.1) is 0 Å². The van der Waals surface area contributed by atoms with Crippen molar-refractivity contribution in [3.8, 4) is 5.69 Å². The molecule has 0 fully saturated rings. The summed E-state index contributed by atoms with van der Waals surface area (Å²) in [6.45, 7) is 1.92. The number of hydrogen-bond donors (Lipinski definition) is 2. The number of amides is 1. The predicted octanol–water partition coefficient (Wildman–Crippen LogP) is 2.79. The molecule has 2 atom stereocenters. The van der Waals surface area contributed by atoms with E-state index in [9.17, 15) is 14.7 Å². The molecule has 0 radical (unpaired) electrons. The second-order valence-electron chi connectivity index (χ2n) is 5.93. The Morgan fingerprint density at radius 2 is 1.79 bits per heavy atom. The second kappa shape index (κ2) is 6.70. The Labute approximate surface area is 139 Å². The molecular formula is C18H19N3O3. The zero-order chi connectivity index (χ0) is 17.1. The highest BCUT2D eigenvalue weighted by Crippen LogP contribution is 2.27. The molecule has 1 aliphatic rings. The van der Waals surface area contributed by atoms with Gasteiger partial charge in [-0.05, 0) is 50.1 Å². The molecule has 1 heterocycles. The minimum Gasteiger partial charge on any atom is -0.481 e. The van der Waals surface area contributed by atoms with Gasteiger partial charge in [-0.3, -0.25) is 9.59 Å². The van der Waals surface area contributed by atoms with E-state index in [0.29, 0.717) is 18.5 Å². The smallest absolute Gasteiger partial charge is 0.307 e. The van der Waals surface area contributed by atoms with Crippen LogP contribution in [0.2, 0.25) is 0 Å². The summed E-state index contributed by atoms with van der Waals surface area (Å²) in [6, 6.07) is 9.21. The summed E-state index contributed by atoms with van der Waals surface area (Å²) in [7, 11) is 0. The number of carbonyl (C=O) groups is 2. The highest BCUT2D eigenvalue weighted by molar-refractivity contribution is 5.95. The number of carbonyl (C=O) groups excluding carboxylic acids is 1. The highest BCUT2D eigenvalue weighted by Gasteiger charge is 2.33. The van der Waals surface area contributed by atoms with Crippen molar-refractivity contribution in [2.24, 2.45) is 11.8 Å². The summed E-state index contributed by atoms with van der Waals surface area (Å²) < 4.78 is 1.76. The maximum atomic E-state index is 12.4. The van der Waals surface area contributed by atoms with Crippen molar-refractivity contribution in [1.29, 1.82) is 0 Å². The fourth-order valence-electron chi connectivity index (χ4n) is 2.87. The van der Waals surface area contributed by atoms with Crippen molar-refractivity contribution >= 4 is 17.6 Å². The van der Waals surface area contributed by atoms with Crippen LogP contribution < -0.4 is 5.32 Å². The number of nitrogens with zero attached hydrogens (tertiary/aromatic N) is 2. The maximum Gasteiger partial charge on any atom is 0.307 e. The number of carboxylic acid groups (broad SMARTS) is 1. The van der Waals surface area contributed by atoms with Gasteiger partial charge in [0.2, 0.25) is 5.91 Å². The molecule has 1 amide bonds. The lowest BCUT2D eigenvalue weighted by atomic mass is 9.82. The summed E-state index contributed by atoms with van der Waals surface area (Å²) >= 11 is 0. The number of carboxylic acids is 1. The van der Waals surface area contributed by atoms with Gasteiger partial charge in [-0.25, -0.2) is 4.68 Å². The lowest BCUT2D eigenvalue weighted by Gasteiger charge is -2.24. The topological polar surface area (TPSA) is 84.2 Å². The Balaban J connectivity index is 1.70. The van der Waals surface area contributed by atoms with E-state index in [-0.39, 0.29) is 5.91 Å². The van der Waals surface area contributed by atoms with Gasteiger partial charge in [-0.2, -0.15) is 5.10 Å². The Bertz CT molecular complexity index is 777. The number of hydrogen-bond acceptors (Lipinski definition) is 3. The van der Waals surface area contributed by atoms with Crippen LogP contribution in [-0.2, 0) is 9.59 Å². The third-order valence-corrected chi connectivity index (χ3v) is 4.21. The highest BCUT2D eigenvalue weighted by atomic mass is 16.4. The number of rotatable bonds is 4. The maximum absolute atomic E-state index is 12.4. The first kappa shape index (κ1) is 16.0. The monoisotopic (exact) mass is 325 g/mol. The van der Waals surface area contributed by atoms with E-state index >= 15 is 0 Å². The number of allylic oxidation sites excluding steroid dienone is 2. The molecule has 2 unspecified atom stereocenters. The fraction of sp³-hybridized carbons (Fsp3) is 0.278. The lowest BCUT2D eigenvalue weighted by Crippen LogP contribution is -2.34. The predicted molar refractivity (Wildman–Crippen MR) is 89.9 cm³/mol. The number of anilines is 1. The summed E-state index contributed by atoms with van der Waals surface area (Å²) in [4.78, 5) is 23.7. The molecule has 1 aliphatic carbocycles. The van der Waals surface area contributed by atoms with Gasteiger partial charge in [0, 0.05) is 11.9 Å². The molecular weight excluding hydrogens is 306 g/mol. The Kier molecular flexibility index (Phi) is 4.46. The molecule has 0 saturated heterocycles. The van der Waals surface area contributed by atoms with Gasteiger partial charge in [0.05, 0.1) is 23.2 Å². The number of aromatic nitrogens is 2. The van der Waals surface area contributed by atoms with Gasteiger partial charge in [-0.1, -0.05) is 12.2 Å². The van der Waals surface area contributed by atoms with Crippen molar-refractivity contribution in [3.05, 3.63) is 54.4 Å². The first-order chi connectivity index (χ1) is 11.5. The van der Waals surface area contributed by atoms with Crippen molar-refractivity contribution in [2.75, 3.05) is 5.32 Å². The molecule has 6 nitrogen and oxygen atoms in total. The number of nitrogens with one attached hydrogen (secondary N) is 1. The van der Waals surface area contributed by atoms with Crippen LogP contribution in [0.1, 0.15) is 18.5 Å². The SMILES string of the molecule is Cc1ccn(-c2ccc(NC(=O)C3CC=CCC3C(=O)O)cc2)n1. The van der Waals surface area contributed by atoms with E-state index in [4.69, 9.17) is 0 Å². The molecule has 2 aromatic rings. The van der Waals surface area contributed by atoms with Gasteiger partial charge in [0.15, 0.2) is 0 Å². The van der Waals surface area contributed by atoms with Crippen LogP contribution in [-0.4, -0.2) is 26.8 Å². The first-order valence-electron chi connectivity index (χ1n) is 7.86. The summed E-state index contributed by atoms with van der Waals surface area (Å²) in [6.07, 6.45) is 6.41. The van der Waals surface area contributed by atoms with Gasteiger partial charge in [0.1, 0.15) is 0 Å². The first-order valence-corrected chi connectivity index (χ1v) is 7.86. The third kappa shape index (κ3) is 3.37. The Morgan fingerprint density at radius 1 is 1.12 bits per heavy atom. The van der Waals surface area contributed by atoms with Crippen LogP contribution in [0.5, 0.6) is 0 Å². The molecule has 1 aromatic heterocycles. The van der Waals surface area contributed by atoms with E-state index in [1.165, 1.54) is 0 Å². The second-order valence-corrected chi connectivity index (χ2v) is 5.93. The normalized spacial score (nSPS) is 19.9. The molecule has 24 heavy (non-hydrogen) atoms. The number of aliphatic carboxylic acids is 1. The van der Waals surface area contributed by atoms with Gasteiger partial charge in [0.25, 0.3) is 0 Å². The van der Waals surface area contributed by atoms with Crippen LogP contribution in [0, 0.1) is 18.8 Å². The average Bonchev–Trinajstić information content (AvgIpc) is 3.02. The molecule has 3 rings (SSSR count). The minimum atomic E-state index is -0.927.